The van der Waals surface area contributed by atoms with Crippen molar-refractivity contribution in [3.8, 4) is 5.82 Å². The second-order valence-corrected chi connectivity index (χ2v) is 3.93. The first-order chi connectivity index (χ1) is 9.08. The molecule has 3 aromatic heterocycles. The Morgan fingerprint density at radius 1 is 1.47 bits per heavy atom. The van der Waals surface area contributed by atoms with E-state index in [2.05, 4.69) is 25.3 Å². The third-order valence-corrected chi connectivity index (χ3v) is 2.61. The molecule has 0 saturated heterocycles. The minimum absolute atomic E-state index is 0.0703. The van der Waals surface area contributed by atoms with E-state index >= 15 is 0 Å². The Kier molecular flexibility index (Phi) is 2.21. The van der Waals surface area contributed by atoms with E-state index in [-0.39, 0.29) is 16.9 Å². The molecule has 0 radical (unpaired) electrons. The number of carbonyl (C=O) groups is 1. The summed E-state index contributed by atoms with van der Waals surface area (Å²) in [7, 11) is 0. The van der Waals surface area contributed by atoms with Crippen molar-refractivity contribution in [2.24, 2.45) is 0 Å². The fourth-order valence-electron chi connectivity index (χ4n) is 1.80. The number of aromatic nitrogens is 6. The minimum atomic E-state index is -1.20. The van der Waals surface area contributed by atoms with Crippen LogP contribution < -0.4 is 5.73 Å². The number of H-pyrrole nitrogens is 1. The zero-order valence-corrected chi connectivity index (χ0v) is 9.82. The first-order valence-electron chi connectivity index (χ1n) is 5.33. The largest absolute Gasteiger partial charge is 0.476 e. The molecule has 96 valence electrons. The highest BCUT2D eigenvalue weighted by Crippen LogP contribution is 2.23. The van der Waals surface area contributed by atoms with Crippen LogP contribution in [0.4, 0.5) is 5.82 Å². The highest BCUT2D eigenvalue weighted by Gasteiger charge is 2.21. The summed E-state index contributed by atoms with van der Waals surface area (Å²) in [5, 5.41) is 20.1. The van der Waals surface area contributed by atoms with Crippen LogP contribution in [0.3, 0.4) is 0 Å². The van der Waals surface area contributed by atoms with Gasteiger partial charge in [0.1, 0.15) is 12.1 Å². The van der Waals surface area contributed by atoms with Gasteiger partial charge >= 0.3 is 5.97 Å². The van der Waals surface area contributed by atoms with Crippen LogP contribution in [0.2, 0.25) is 0 Å². The molecule has 3 heterocycles. The topological polar surface area (TPSA) is 136 Å². The molecule has 0 fully saturated rings. The summed E-state index contributed by atoms with van der Waals surface area (Å²) in [4.78, 5) is 19.0. The maximum Gasteiger partial charge on any atom is 0.357 e. The number of carboxylic acids is 1. The van der Waals surface area contributed by atoms with Crippen LogP contribution in [0.1, 0.15) is 16.2 Å². The highest BCUT2D eigenvalue weighted by molar-refractivity contribution is 6.04. The third-order valence-electron chi connectivity index (χ3n) is 2.61. The lowest BCUT2D eigenvalue weighted by atomic mass is 10.3. The van der Waals surface area contributed by atoms with Crippen molar-refractivity contribution in [2.75, 3.05) is 5.73 Å². The Bertz CT molecular complexity index is 788. The maximum atomic E-state index is 11.2. The van der Waals surface area contributed by atoms with Gasteiger partial charge in [-0.2, -0.15) is 14.9 Å². The van der Waals surface area contributed by atoms with Gasteiger partial charge in [0.05, 0.1) is 5.39 Å². The van der Waals surface area contributed by atoms with E-state index in [1.807, 2.05) is 6.92 Å². The Labute approximate surface area is 106 Å². The molecule has 0 atom stereocenters. The lowest BCUT2D eigenvalue weighted by molar-refractivity contribution is 0.0692. The number of nitrogens with one attached hydrogen (secondary N) is 1. The van der Waals surface area contributed by atoms with Crippen molar-refractivity contribution in [2.45, 2.75) is 6.92 Å². The molecule has 0 aromatic carbocycles. The molecule has 9 nitrogen and oxygen atoms in total. The molecule has 9 heteroatoms. The molecule has 19 heavy (non-hydrogen) atoms. The number of nitrogens with zero attached hydrogens (tertiary/aromatic N) is 5. The van der Waals surface area contributed by atoms with Crippen molar-refractivity contribution in [3.63, 3.8) is 0 Å². The van der Waals surface area contributed by atoms with E-state index in [4.69, 9.17) is 10.8 Å². The Hall–Kier alpha value is -2.97. The molecule has 4 N–H and O–H groups in total. The average Bonchev–Trinajstić information content (AvgIpc) is 2.93. The molecule has 0 aliphatic heterocycles. The van der Waals surface area contributed by atoms with Crippen LogP contribution in [0.25, 0.3) is 16.9 Å². The standard InChI is InChI=1S/C10H9N7O2/c1-4-2-5(15-14-4)17-9-6(7(16-17)10(18)19)8(11)12-3-13-9/h2-3H,1H3,(H,14,15)(H,18,19)(H2,11,12,13). The van der Waals surface area contributed by atoms with Crippen molar-refractivity contribution < 1.29 is 9.90 Å². The normalized spacial score (nSPS) is 11.0. The van der Waals surface area contributed by atoms with Gasteiger partial charge in [-0.3, -0.25) is 5.10 Å². The molecule has 0 unspecified atom stereocenters. The summed E-state index contributed by atoms with van der Waals surface area (Å²) < 4.78 is 1.32. The number of rotatable bonds is 2. The molecular weight excluding hydrogens is 250 g/mol. The summed E-state index contributed by atoms with van der Waals surface area (Å²) >= 11 is 0. The fourth-order valence-corrected chi connectivity index (χ4v) is 1.80. The minimum Gasteiger partial charge on any atom is -0.476 e. The lowest BCUT2D eigenvalue weighted by Gasteiger charge is -1.97. The summed E-state index contributed by atoms with van der Waals surface area (Å²) in [6.07, 6.45) is 1.25. The Morgan fingerprint density at radius 3 is 2.89 bits per heavy atom. The maximum absolute atomic E-state index is 11.2. The lowest BCUT2D eigenvalue weighted by Crippen LogP contribution is -2.02. The van der Waals surface area contributed by atoms with Crippen LogP contribution in [-0.4, -0.2) is 41.0 Å². The van der Waals surface area contributed by atoms with Crippen molar-refractivity contribution in [3.05, 3.63) is 23.8 Å². The average molecular weight is 259 g/mol. The van der Waals surface area contributed by atoms with E-state index in [9.17, 15) is 4.79 Å². The first kappa shape index (κ1) is 11.1. The molecule has 0 saturated carbocycles. The number of hydrogen-bond acceptors (Lipinski definition) is 6. The van der Waals surface area contributed by atoms with E-state index in [0.717, 1.165) is 5.69 Å². The van der Waals surface area contributed by atoms with Gasteiger partial charge in [-0.15, -0.1) is 0 Å². The van der Waals surface area contributed by atoms with Gasteiger partial charge in [0.15, 0.2) is 17.2 Å². The number of nitrogen functional groups attached to an aromatic ring is 1. The predicted octanol–water partition coefficient (Wildman–Crippen LogP) is 0.127. The number of hydrogen-bond donors (Lipinski definition) is 3. The van der Waals surface area contributed by atoms with Crippen molar-refractivity contribution in [1.29, 1.82) is 0 Å². The molecule has 0 bridgehead atoms. The summed E-state index contributed by atoms with van der Waals surface area (Å²) in [6.45, 7) is 1.82. The molecule has 0 spiro atoms. The number of aryl methyl sites for hydroxylation is 1. The van der Waals surface area contributed by atoms with Gasteiger partial charge in [-0.05, 0) is 6.92 Å². The highest BCUT2D eigenvalue weighted by atomic mass is 16.4. The van der Waals surface area contributed by atoms with E-state index in [1.165, 1.54) is 11.0 Å². The van der Waals surface area contributed by atoms with Gasteiger partial charge in [-0.1, -0.05) is 0 Å². The van der Waals surface area contributed by atoms with Gasteiger partial charge in [0.25, 0.3) is 0 Å². The number of aromatic amines is 1. The number of anilines is 1. The van der Waals surface area contributed by atoms with Gasteiger partial charge in [-0.25, -0.2) is 14.8 Å². The SMILES string of the molecule is Cc1cc(-n2nc(C(=O)O)c3c(N)ncnc32)n[nH]1. The van der Waals surface area contributed by atoms with E-state index in [1.54, 1.807) is 6.07 Å². The van der Waals surface area contributed by atoms with Crippen LogP contribution in [0.5, 0.6) is 0 Å². The first-order valence-corrected chi connectivity index (χ1v) is 5.33. The monoisotopic (exact) mass is 259 g/mol. The zero-order valence-electron chi connectivity index (χ0n) is 9.82. The molecule has 0 aliphatic carbocycles. The van der Waals surface area contributed by atoms with Crippen LogP contribution in [0.15, 0.2) is 12.4 Å². The van der Waals surface area contributed by atoms with Crippen LogP contribution >= 0.6 is 0 Å². The summed E-state index contributed by atoms with van der Waals surface area (Å²) in [6, 6.07) is 1.72. The smallest absolute Gasteiger partial charge is 0.357 e. The van der Waals surface area contributed by atoms with Crippen molar-refractivity contribution in [1.82, 2.24) is 29.9 Å². The second-order valence-electron chi connectivity index (χ2n) is 3.93. The number of fused-ring (bicyclic) bond motifs is 1. The predicted molar refractivity (Wildman–Crippen MR) is 64.9 cm³/mol. The number of nitrogens with two attached hydrogens (primary N) is 1. The van der Waals surface area contributed by atoms with Crippen molar-refractivity contribution >= 4 is 22.8 Å². The van der Waals surface area contributed by atoms with E-state index in [0.29, 0.717) is 11.5 Å². The second kappa shape index (κ2) is 3.77. The van der Waals surface area contributed by atoms with E-state index < -0.39 is 5.97 Å². The van der Waals surface area contributed by atoms with Gasteiger partial charge in [0, 0.05) is 11.8 Å². The van der Waals surface area contributed by atoms with Crippen LogP contribution in [-0.2, 0) is 0 Å². The summed E-state index contributed by atoms with van der Waals surface area (Å²) in [5.74, 6) is -0.688. The number of aromatic carboxylic acids is 1. The zero-order chi connectivity index (χ0) is 13.6. The molecule has 0 amide bonds. The number of carboxylic acid groups (broad SMARTS) is 1. The summed E-state index contributed by atoms with van der Waals surface area (Å²) in [5.41, 5.74) is 6.61. The Morgan fingerprint density at radius 2 is 2.26 bits per heavy atom. The molecular formula is C10H9N7O2. The van der Waals surface area contributed by atoms with Gasteiger partial charge < -0.3 is 10.8 Å². The Balaban J connectivity index is 2.38. The quantitative estimate of drug-likeness (QED) is 0.594. The molecule has 3 aromatic rings. The van der Waals surface area contributed by atoms with Gasteiger partial charge in [0.2, 0.25) is 0 Å². The fraction of sp³-hybridized carbons (Fsp3) is 0.100. The van der Waals surface area contributed by atoms with Crippen LogP contribution in [0, 0.1) is 6.92 Å². The molecule has 0 aliphatic rings. The third kappa shape index (κ3) is 1.59. The molecule has 3 rings (SSSR count).